The van der Waals surface area contributed by atoms with Gasteiger partial charge in [0, 0.05) is 12.0 Å². The van der Waals surface area contributed by atoms with Crippen molar-refractivity contribution in [3.63, 3.8) is 0 Å². The molecule has 86 valence electrons. The molecule has 1 heterocycles. The third kappa shape index (κ3) is 2.21. The molecular formula is C10H7BrF3NO. The van der Waals surface area contributed by atoms with Gasteiger partial charge < -0.3 is 4.84 Å². The summed E-state index contributed by atoms with van der Waals surface area (Å²) in [5.41, 5.74) is -0.550. The van der Waals surface area contributed by atoms with Gasteiger partial charge in [-0.05, 0) is 22.0 Å². The van der Waals surface area contributed by atoms with E-state index in [1.54, 1.807) is 6.07 Å². The second-order valence-corrected chi connectivity index (χ2v) is 4.27. The number of halogens is 4. The van der Waals surface area contributed by atoms with Crippen molar-refractivity contribution in [2.45, 2.75) is 18.7 Å². The summed E-state index contributed by atoms with van der Waals surface area (Å²) in [5, 5.41) is 3.58. The van der Waals surface area contributed by atoms with Crippen molar-refractivity contribution >= 4 is 20.6 Å². The maximum Gasteiger partial charge on any atom is 0.416 e. The summed E-state index contributed by atoms with van der Waals surface area (Å²) in [5.74, 6) is 0. The Kier molecular flexibility index (Phi) is 2.92. The Morgan fingerprint density at radius 1 is 1.31 bits per heavy atom. The van der Waals surface area contributed by atoms with Crippen LogP contribution < -0.4 is 0 Å². The SMILES string of the molecule is FC(F)(F)c1ccccc1[C@H]1CC(Br)=NO1. The van der Waals surface area contributed by atoms with E-state index in [1.165, 1.54) is 12.1 Å². The van der Waals surface area contributed by atoms with Crippen molar-refractivity contribution in [1.29, 1.82) is 0 Å². The third-order valence-electron chi connectivity index (χ3n) is 2.25. The quantitative estimate of drug-likeness (QED) is 0.770. The van der Waals surface area contributed by atoms with Crippen molar-refractivity contribution in [2.24, 2.45) is 5.16 Å². The monoisotopic (exact) mass is 293 g/mol. The Bertz CT molecular complexity index is 430. The van der Waals surface area contributed by atoms with Gasteiger partial charge in [-0.1, -0.05) is 23.4 Å². The zero-order valence-corrected chi connectivity index (χ0v) is 9.55. The Morgan fingerprint density at radius 3 is 2.56 bits per heavy atom. The van der Waals surface area contributed by atoms with E-state index in [4.69, 9.17) is 4.84 Å². The Morgan fingerprint density at radius 2 is 2.00 bits per heavy atom. The summed E-state index contributed by atoms with van der Waals surface area (Å²) in [4.78, 5) is 4.93. The minimum absolute atomic E-state index is 0.119. The zero-order valence-electron chi connectivity index (χ0n) is 7.96. The molecule has 6 heteroatoms. The Labute approximate surface area is 98.2 Å². The predicted molar refractivity (Wildman–Crippen MR) is 56.2 cm³/mol. The van der Waals surface area contributed by atoms with E-state index in [0.29, 0.717) is 11.0 Å². The lowest BCUT2D eigenvalue weighted by atomic mass is 10.0. The predicted octanol–water partition coefficient (Wildman–Crippen LogP) is 3.88. The highest BCUT2D eigenvalue weighted by molar-refractivity contribution is 9.18. The molecule has 0 saturated carbocycles. The maximum atomic E-state index is 12.7. The number of hydrogen-bond acceptors (Lipinski definition) is 2. The lowest BCUT2D eigenvalue weighted by Crippen LogP contribution is -2.11. The van der Waals surface area contributed by atoms with Crippen LogP contribution in [0.15, 0.2) is 29.4 Å². The van der Waals surface area contributed by atoms with Crippen LogP contribution in [0.3, 0.4) is 0 Å². The first-order valence-electron chi connectivity index (χ1n) is 4.53. The van der Waals surface area contributed by atoms with Crippen LogP contribution >= 0.6 is 15.9 Å². The highest BCUT2D eigenvalue weighted by Crippen LogP contribution is 2.38. The largest absolute Gasteiger partial charge is 0.416 e. The van der Waals surface area contributed by atoms with Crippen LogP contribution in [0.25, 0.3) is 0 Å². The fraction of sp³-hybridized carbons (Fsp3) is 0.300. The molecule has 0 fully saturated rings. The number of benzene rings is 1. The molecule has 0 spiro atoms. The molecule has 0 unspecified atom stereocenters. The summed E-state index contributed by atoms with van der Waals surface area (Å²) >= 11 is 3.09. The van der Waals surface area contributed by atoms with Crippen molar-refractivity contribution in [3.05, 3.63) is 35.4 Å². The summed E-state index contributed by atoms with van der Waals surface area (Å²) < 4.78 is 38.6. The first kappa shape index (κ1) is 11.4. The summed E-state index contributed by atoms with van der Waals surface area (Å²) in [7, 11) is 0. The smallest absolute Gasteiger partial charge is 0.386 e. The van der Waals surface area contributed by atoms with Crippen molar-refractivity contribution in [3.8, 4) is 0 Å². The summed E-state index contributed by atoms with van der Waals surface area (Å²) in [6.45, 7) is 0. The molecule has 2 rings (SSSR count). The maximum absolute atomic E-state index is 12.7. The van der Waals surface area contributed by atoms with Crippen LogP contribution in [0.5, 0.6) is 0 Å². The van der Waals surface area contributed by atoms with Crippen molar-refractivity contribution < 1.29 is 18.0 Å². The standard InChI is InChI=1S/C10H7BrF3NO/c11-9-5-8(16-15-9)6-3-1-2-4-7(6)10(12,13)14/h1-4,8H,5H2/t8-/m1/s1. The van der Waals surface area contributed by atoms with E-state index in [9.17, 15) is 13.2 Å². The number of oxime groups is 1. The van der Waals surface area contributed by atoms with Crippen LogP contribution in [0.1, 0.15) is 23.7 Å². The van der Waals surface area contributed by atoms with Crippen molar-refractivity contribution in [2.75, 3.05) is 0 Å². The molecule has 0 saturated heterocycles. The Hall–Kier alpha value is -1.04. The van der Waals surface area contributed by atoms with Crippen molar-refractivity contribution in [1.82, 2.24) is 0 Å². The topological polar surface area (TPSA) is 21.6 Å². The molecule has 1 aromatic carbocycles. The van der Waals surface area contributed by atoms with E-state index < -0.39 is 17.8 Å². The molecule has 1 aliphatic rings. The fourth-order valence-corrected chi connectivity index (χ4v) is 1.93. The van der Waals surface area contributed by atoms with Gasteiger partial charge in [0.1, 0.15) is 4.62 Å². The van der Waals surface area contributed by atoms with E-state index in [0.717, 1.165) is 6.07 Å². The molecule has 0 aromatic heterocycles. The van der Waals surface area contributed by atoms with Gasteiger partial charge in [-0.25, -0.2) is 0 Å². The second kappa shape index (κ2) is 4.08. The third-order valence-corrected chi connectivity index (χ3v) is 2.71. The molecule has 0 aliphatic carbocycles. The van der Waals surface area contributed by atoms with E-state index in [-0.39, 0.29) is 5.56 Å². The zero-order chi connectivity index (χ0) is 11.8. The Balaban J connectivity index is 2.35. The molecule has 16 heavy (non-hydrogen) atoms. The summed E-state index contributed by atoms with van der Waals surface area (Å²) in [6, 6.07) is 5.37. The number of hydrogen-bond donors (Lipinski definition) is 0. The van der Waals surface area contributed by atoms with Crippen LogP contribution in [-0.4, -0.2) is 4.62 Å². The molecule has 0 radical (unpaired) electrons. The van der Waals surface area contributed by atoms with Gasteiger partial charge in [-0.3, -0.25) is 0 Å². The first-order chi connectivity index (χ1) is 7.48. The van der Waals surface area contributed by atoms with E-state index >= 15 is 0 Å². The van der Waals surface area contributed by atoms with Crippen LogP contribution in [0, 0.1) is 0 Å². The fourth-order valence-electron chi connectivity index (χ4n) is 1.55. The van der Waals surface area contributed by atoms with Gasteiger partial charge >= 0.3 is 6.18 Å². The highest BCUT2D eigenvalue weighted by atomic mass is 79.9. The number of nitrogens with zero attached hydrogens (tertiary/aromatic N) is 1. The highest BCUT2D eigenvalue weighted by Gasteiger charge is 2.36. The molecule has 0 amide bonds. The van der Waals surface area contributed by atoms with Gasteiger partial charge in [0.25, 0.3) is 0 Å². The van der Waals surface area contributed by atoms with Crippen LogP contribution in [0.2, 0.25) is 0 Å². The van der Waals surface area contributed by atoms with E-state index in [1.807, 2.05) is 0 Å². The van der Waals surface area contributed by atoms with Gasteiger partial charge in [0.2, 0.25) is 0 Å². The first-order valence-corrected chi connectivity index (χ1v) is 5.32. The summed E-state index contributed by atoms with van der Waals surface area (Å²) in [6.07, 6.45) is -4.70. The van der Waals surface area contributed by atoms with Crippen LogP contribution in [-0.2, 0) is 11.0 Å². The molecule has 1 atom stereocenters. The van der Waals surface area contributed by atoms with E-state index in [2.05, 4.69) is 21.1 Å². The average molecular weight is 294 g/mol. The average Bonchev–Trinajstić information content (AvgIpc) is 2.64. The molecule has 1 aromatic rings. The van der Waals surface area contributed by atoms with Gasteiger partial charge in [-0.15, -0.1) is 0 Å². The lowest BCUT2D eigenvalue weighted by Gasteiger charge is -2.15. The number of alkyl halides is 3. The molecule has 1 aliphatic heterocycles. The van der Waals surface area contributed by atoms with Gasteiger partial charge in [0.15, 0.2) is 6.10 Å². The molecule has 2 nitrogen and oxygen atoms in total. The second-order valence-electron chi connectivity index (χ2n) is 3.35. The normalized spacial score (nSPS) is 20.5. The minimum atomic E-state index is -4.37. The van der Waals surface area contributed by atoms with Gasteiger partial charge in [-0.2, -0.15) is 13.2 Å². The molecule has 0 N–H and O–H groups in total. The lowest BCUT2D eigenvalue weighted by molar-refractivity contribution is -0.139. The molecular weight excluding hydrogens is 287 g/mol. The van der Waals surface area contributed by atoms with Crippen LogP contribution in [0.4, 0.5) is 13.2 Å². The number of rotatable bonds is 1. The minimum Gasteiger partial charge on any atom is -0.386 e. The molecule has 0 bridgehead atoms. The van der Waals surface area contributed by atoms with Gasteiger partial charge in [0.05, 0.1) is 5.56 Å².